The van der Waals surface area contributed by atoms with Gasteiger partial charge in [-0.25, -0.2) is 13.4 Å². The van der Waals surface area contributed by atoms with Crippen LogP contribution < -0.4 is 5.32 Å². The largest absolute Gasteiger partial charge is 0.346 e. The van der Waals surface area contributed by atoms with Gasteiger partial charge in [0.1, 0.15) is 5.01 Å². The topological polar surface area (TPSA) is 76.1 Å². The molecule has 0 spiro atoms. The average Bonchev–Trinajstić information content (AvgIpc) is 3.09. The fourth-order valence-electron chi connectivity index (χ4n) is 2.44. The number of aryl methyl sites for hydroxylation is 1. The van der Waals surface area contributed by atoms with Gasteiger partial charge < -0.3 is 5.32 Å². The summed E-state index contributed by atoms with van der Waals surface area (Å²) in [4.78, 5) is 17.1. The Balaban J connectivity index is 1.73. The van der Waals surface area contributed by atoms with Gasteiger partial charge in [-0.2, -0.15) is 0 Å². The van der Waals surface area contributed by atoms with Crippen LogP contribution in [0, 0.1) is 6.92 Å². The number of nitrogens with one attached hydrogen (secondary N) is 1. The minimum atomic E-state index is -3.36. The molecule has 0 atom stereocenters. The van der Waals surface area contributed by atoms with Crippen molar-refractivity contribution in [2.45, 2.75) is 18.4 Å². The fourth-order valence-corrected chi connectivity index (χ4v) is 3.92. The van der Waals surface area contributed by atoms with Crippen LogP contribution in [-0.2, 0) is 16.4 Å². The highest BCUT2D eigenvalue weighted by atomic mass is 32.2. The molecular formula is C19H18N2O3S2. The van der Waals surface area contributed by atoms with Crippen molar-refractivity contribution >= 4 is 27.1 Å². The zero-order chi connectivity index (χ0) is 18.7. The second kappa shape index (κ2) is 7.39. The highest BCUT2D eigenvalue weighted by Gasteiger charge is 2.15. The van der Waals surface area contributed by atoms with Gasteiger partial charge >= 0.3 is 0 Å². The Hall–Kier alpha value is -2.51. The number of nitrogens with zero attached hydrogens (tertiary/aromatic N) is 1. The number of rotatable bonds is 5. The number of carbonyl (C=O) groups is 1. The van der Waals surface area contributed by atoms with Crippen LogP contribution >= 0.6 is 11.3 Å². The normalized spacial score (nSPS) is 11.3. The lowest BCUT2D eigenvalue weighted by Crippen LogP contribution is -2.24. The second-order valence-electron chi connectivity index (χ2n) is 5.94. The first kappa shape index (κ1) is 18.3. The van der Waals surface area contributed by atoms with Crippen LogP contribution in [0.4, 0.5) is 0 Å². The standard InChI is InChI=1S/C19H18N2O3S2/c1-13-8-9-16(26(2,23)24)10-17(13)18(22)20-11-15-12-25-19(21-15)14-6-4-3-5-7-14/h3-10,12H,11H2,1-2H3,(H,20,22). The summed E-state index contributed by atoms with van der Waals surface area (Å²) >= 11 is 1.52. The maximum Gasteiger partial charge on any atom is 0.251 e. The summed E-state index contributed by atoms with van der Waals surface area (Å²) in [6.07, 6.45) is 1.12. The number of hydrogen-bond acceptors (Lipinski definition) is 5. The molecule has 0 aliphatic carbocycles. The molecule has 2 aromatic carbocycles. The fraction of sp³-hybridized carbons (Fsp3) is 0.158. The summed E-state index contributed by atoms with van der Waals surface area (Å²) in [5.41, 5.74) is 2.87. The summed E-state index contributed by atoms with van der Waals surface area (Å²) in [5.74, 6) is -0.317. The van der Waals surface area contributed by atoms with Crippen LogP contribution in [0.1, 0.15) is 21.6 Å². The predicted molar refractivity (Wildman–Crippen MR) is 103 cm³/mol. The van der Waals surface area contributed by atoms with Crippen molar-refractivity contribution in [1.29, 1.82) is 0 Å². The van der Waals surface area contributed by atoms with E-state index in [1.165, 1.54) is 23.5 Å². The van der Waals surface area contributed by atoms with Gasteiger partial charge in [-0.05, 0) is 24.6 Å². The van der Waals surface area contributed by atoms with Crippen LogP contribution in [0.3, 0.4) is 0 Å². The number of carbonyl (C=O) groups excluding carboxylic acids is 1. The lowest BCUT2D eigenvalue weighted by atomic mass is 10.1. The number of aromatic nitrogens is 1. The molecule has 7 heteroatoms. The maximum absolute atomic E-state index is 12.5. The molecule has 0 bridgehead atoms. The molecule has 1 heterocycles. The first-order valence-corrected chi connectivity index (χ1v) is 10.7. The van der Waals surface area contributed by atoms with Crippen LogP contribution in [0.15, 0.2) is 58.8 Å². The quantitative estimate of drug-likeness (QED) is 0.729. The molecule has 134 valence electrons. The van der Waals surface area contributed by atoms with E-state index in [9.17, 15) is 13.2 Å². The Kier molecular flexibility index (Phi) is 5.20. The summed E-state index contributed by atoms with van der Waals surface area (Å²) in [6.45, 7) is 2.06. The minimum Gasteiger partial charge on any atom is -0.346 e. The molecule has 0 saturated heterocycles. The third-order valence-corrected chi connectivity index (χ3v) is 5.93. The molecule has 0 fully saturated rings. The minimum absolute atomic E-state index is 0.133. The molecule has 3 rings (SSSR count). The van der Waals surface area contributed by atoms with E-state index >= 15 is 0 Å². The highest BCUT2D eigenvalue weighted by molar-refractivity contribution is 7.90. The van der Waals surface area contributed by atoms with E-state index in [-0.39, 0.29) is 17.3 Å². The molecule has 26 heavy (non-hydrogen) atoms. The Morgan fingerprint density at radius 3 is 2.58 bits per heavy atom. The third kappa shape index (κ3) is 4.17. The molecule has 1 N–H and O–H groups in total. The van der Waals surface area contributed by atoms with Crippen LogP contribution in [0.5, 0.6) is 0 Å². The van der Waals surface area contributed by atoms with E-state index < -0.39 is 9.84 Å². The Labute approximate surface area is 156 Å². The summed E-state index contributed by atoms with van der Waals surface area (Å²) in [7, 11) is -3.36. The first-order chi connectivity index (χ1) is 12.3. The van der Waals surface area contributed by atoms with Crippen molar-refractivity contribution in [1.82, 2.24) is 10.3 Å². The number of hydrogen-bond donors (Lipinski definition) is 1. The van der Waals surface area contributed by atoms with Crippen molar-refractivity contribution in [2.24, 2.45) is 0 Å². The van der Waals surface area contributed by atoms with Crippen molar-refractivity contribution in [3.63, 3.8) is 0 Å². The van der Waals surface area contributed by atoms with Crippen LogP contribution in [-0.4, -0.2) is 25.6 Å². The van der Waals surface area contributed by atoms with Gasteiger partial charge in [0.05, 0.1) is 17.1 Å². The molecule has 1 amide bonds. The summed E-state index contributed by atoms with van der Waals surface area (Å²) in [5, 5.41) is 5.61. The zero-order valence-electron chi connectivity index (χ0n) is 14.4. The van der Waals surface area contributed by atoms with E-state index in [2.05, 4.69) is 10.3 Å². The van der Waals surface area contributed by atoms with Gasteiger partial charge in [0, 0.05) is 22.8 Å². The third-order valence-electron chi connectivity index (χ3n) is 3.88. The number of benzene rings is 2. The van der Waals surface area contributed by atoms with Crippen molar-refractivity contribution in [3.05, 3.63) is 70.7 Å². The van der Waals surface area contributed by atoms with E-state index in [1.807, 2.05) is 35.7 Å². The molecule has 0 radical (unpaired) electrons. The van der Waals surface area contributed by atoms with Crippen molar-refractivity contribution in [3.8, 4) is 10.6 Å². The SMILES string of the molecule is Cc1ccc(S(C)(=O)=O)cc1C(=O)NCc1csc(-c2ccccc2)n1. The van der Waals surface area contributed by atoms with Gasteiger partial charge in [-0.3, -0.25) is 4.79 Å². The first-order valence-electron chi connectivity index (χ1n) is 7.93. The van der Waals surface area contributed by atoms with Gasteiger partial charge in [0.15, 0.2) is 9.84 Å². The summed E-state index contributed by atoms with van der Waals surface area (Å²) in [6, 6.07) is 14.4. The van der Waals surface area contributed by atoms with Crippen LogP contribution in [0.2, 0.25) is 0 Å². The van der Waals surface area contributed by atoms with Gasteiger partial charge in [-0.1, -0.05) is 36.4 Å². The Bertz CT molecular complexity index is 1040. The molecule has 3 aromatic rings. The summed E-state index contributed by atoms with van der Waals surface area (Å²) < 4.78 is 23.4. The average molecular weight is 386 g/mol. The van der Waals surface area contributed by atoms with E-state index in [1.54, 1.807) is 13.0 Å². The van der Waals surface area contributed by atoms with Gasteiger partial charge in [0.25, 0.3) is 5.91 Å². The molecule has 1 aromatic heterocycles. The highest BCUT2D eigenvalue weighted by Crippen LogP contribution is 2.23. The lowest BCUT2D eigenvalue weighted by Gasteiger charge is -2.08. The Morgan fingerprint density at radius 2 is 1.88 bits per heavy atom. The number of thiazole rings is 1. The van der Waals surface area contributed by atoms with Gasteiger partial charge in [-0.15, -0.1) is 11.3 Å². The predicted octanol–water partition coefficient (Wildman–Crippen LogP) is 3.45. The van der Waals surface area contributed by atoms with Crippen LogP contribution in [0.25, 0.3) is 10.6 Å². The molecule has 5 nitrogen and oxygen atoms in total. The van der Waals surface area contributed by atoms with Crippen molar-refractivity contribution in [2.75, 3.05) is 6.26 Å². The maximum atomic E-state index is 12.5. The lowest BCUT2D eigenvalue weighted by molar-refractivity contribution is 0.0949. The molecule has 0 unspecified atom stereocenters. The van der Waals surface area contributed by atoms with E-state index in [0.29, 0.717) is 5.56 Å². The van der Waals surface area contributed by atoms with Crippen molar-refractivity contribution < 1.29 is 13.2 Å². The smallest absolute Gasteiger partial charge is 0.251 e. The van der Waals surface area contributed by atoms with E-state index in [0.717, 1.165) is 28.1 Å². The number of amides is 1. The zero-order valence-corrected chi connectivity index (χ0v) is 16.0. The molecule has 0 aliphatic heterocycles. The molecular weight excluding hydrogens is 368 g/mol. The monoisotopic (exact) mass is 386 g/mol. The molecule has 0 aliphatic rings. The van der Waals surface area contributed by atoms with Gasteiger partial charge in [0.2, 0.25) is 0 Å². The number of sulfone groups is 1. The molecule has 0 saturated carbocycles. The second-order valence-corrected chi connectivity index (χ2v) is 8.82. The van der Waals surface area contributed by atoms with E-state index in [4.69, 9.17) is 0 Å². The Morgan fingerprint density at radius 1 is 1.15 bits per heavy atom.